The minimum absolute atomic E-state index is 0.0104. The van der Waals surface area contributed by atoms with Crippen molar-refractivity contribution in [2.24, 2.45) is 5.92 Å². The van der Waals surface area contributed by atoms with Crippen molar-refractivity contribution in [3.63, 3.8) is 0 Å². The molecule has 106 valence electrons. The van der Waals surface area contributed by atoms with Crippen LogP contribution < -0.4 is 5.32 Å². The molecular weight excluding hydrogens is 224 g/mol. The van der Waals surface area contributed by atoms with E-state index in [4.69, 9.17) is 4.74 Å². The Morgan fingerprint density at radius 2 is 2.11 bits per heavy atom. The summed E-state index contributed by atoms with van der Waals surface area (Å²) in [5, 5.41) is 3.74. The standard InChI is InChI=1S/C15H30N2O/c1-5-8-16-14(13-6-7-13)10-17-9-12(2)18-15(3,4)11-17/h12-14,16H,5-11H2,1-4H3. The molecule has 18 heavy (non-hydrogen) atoms. The van der Waals surface area contributed by atoms with Crippen LogP contribution in [0.15, 0.2) is 0 Å². The Morgan fingerprint density at radius 1 is 1.39 bits per heavy atom. The highest BCUT2D eigenvalue weighted by Gasteiger charge is 2.36. The fourth-order valence-electron chi connectivity index (χ4n) is 3.21. The van der Waals surface area contributed by atoms with Gasteiger partial charge in [0.2, 0.25) is 0 Å². The summed E-state index contributed by atoms with van der Waals surface area (Å²) in [6.07, 6.45) is 4.43. The van der Waals surface area contributed by atoms with Gasteiger partial charge in [0.25, 0.3) is 0 Å². The lowest BCUT2D eigenvalue weighted by atomic mass is 10.0. The summed E-state index contributed by atoms with van der Waals surface area (Å²) in [5.41, 5.74) is 0.0104. The summed E-state index contributed by atoms with van der Waals surface area (Å²) in [5.74, 6) is 0.929. The van der Waals surface area contributed by atoms with E-state index in [2.05, 4.69) is 37.9 Å². The predicted octanol–water partition coefficient (Wildman–Crippen LogP) is 2.26. The third-order valence-corrected chi connectivity index (χ3v) is 3.94. The van der Waals surface area contributed by atoms with Crippen LogP contribution in [0.25, 0.3) is 0 Å². The maximum absolute atomic E-state index is 5.98. The first kappa shape index (κ1) is 14.3. The molecule has 1 saturated carbocycles. The first-order valence-corrected chi connectivity index (χ1v) is 7.64. The Kier molecular flexibility index (Phi) is 4.68. The van der Waals surface area contributed by atoms with Crippen LogP contribution >= 0.6 is 0 Å². The Balaban J connectivity index is 1.85. The zero-order valence-corrected chi connectivity index (χ0v) is 12.5. The molecule has 0 bridgehead atoms. The highest BCUT2D eigenvalue weighted by Crippen LogP contribution is 2.33. The van der Waals surface area contributed by atoms with E-state index in [0.717, 1.165) is 25.6 Å². The quantitative estimate of drug-likeness (QED) is 0.787. The van der Waals surface area contributed by atoms with Crippen LogP contribution in [0.5, 0.6) is 0 Å². The van der Waals surface area contributed by atoms with E-state index in [-0.39, 0.29) is 5.60 Å². The minimum atomic E-state index is 0.0104. The van der Waals surface area contributed by atoms with E-state index < -0.39 is 0 Å². The lowest BCUT2D eigenvalue weighted by Crippen LogP contribution is -2.55. The molecule has 2 atom stereocenters. The molecule has 3 nitrogen and oxygen atoms in total. The summed E-state index contributed by atoms with van der Waals surface area (Å²) >= 11 is 0. The summed E-state index contributed by atoms with van der Waals surface area (Å²) < 4.78 is 5.98. The van der Waals surface area contributed by atoms with E-state index >= 15 is 0 Å². The van der Waals surface area contributed by atoms with Gasteiger partial charge >= 0.3 is 0 Å². The van der Waals surface area contributed by atoms with Crippen molar-refractivity contribution in [3.8, 4) is 0 Å². The van der Waals surface area contributed by atoms with Gasteiger partial charge in [-0.05, 0) is 52.5 Å². The van der Waals surface area contributed by atoms with Crippen molar-refractivity contribution in [2.75, 3.05) is 26.2 Å². The molecule has 2 aliphatic rings. The number of hydrogen-bond donors (Lipinski definition) is 1. The molecule has 2 rings (SSSR count). The van der Waals surface area contributed by atoms with E-state index in [9.17, 15) is 0 Å². The molecule has 1 aliphatic carbocycles. The van der Waals surface area contributed by atoms with Crippen LogP contribution in [-0.2, 0) is 4.74 Å². The fraction of sp³-hybridized carbons (Fsp3) is 1.00. The van der Waals surface area contributed by atoms with Crippen LogP contribution in [0.4, 0.5) is 0 Å². The molecule has 0 spiro atoms. The van der Waals surface area contributed by atoms with Crippen LogP contribution in [0.1, 0.15) is 47.0 Å². The van der Waals surface area contributed by atoms with Gasteiger partial charge in [-0.25, -0.2) is 0 Å². The molecular formula is C15H30N2O. The van der Waals surface area contributed by atoms with Gasteiger partial charge in [0.05, 0.1) is 11.7 Å². The van der Waals surface area contributed by atoms with E-state index in [1.807, 2.05) is 0 Å². The largest absolute Gasteiger partial charge is 0.370 e. The number of rotatable bonds is 6. The second-order valence-electron chi connectivity index (χ2n) is 6.78. The van der Waals surface area contributed by atoms with Crippen LogP contribution in [0.3, 0.4) is 0 Å². The highest BCUT2D eigenvalue weighted by atomic mass is 16.5. The molecule has 0 aromatic heterocycles. The number of morpholine rings is 1. The Bertz CT molecular complexity index is 263. The molecule has 3 heteroatoms. The van der Waals surface area contributed by atoms with Gasteiger partial charge in [0, 0.05) is 25.7 Å². The molecule has 1 saturated heterocycles. The van der Waals surface area contributed by atoms with Gasteiger partial charge < -0.3 is 10.1 Å². The van der Waals surface area contributed by atoms with Crippen LogP contribution in [0, 0.1) is 5.92 Å². The number of nitrogens with one attached hydrogen (secondary N) is 1. The summed E-state index contributed by atoms with van der Waals surface area (Å²) in [6.45, 7) is 13.4. The Hall–Kier alpha value is -0.120. The number of ether oxygens (including phenoxy) is 1. The summed E-state index contributed by atoms with van der Waals surface area (Å²) in [7, 11) is 0. The van der Waals surface area contributed by atoms with Crippen molar-refractivity contribution >= 4 is 0 Å². The monoisotopic (exact) mass is 254 g/mol. The molecule has 0 amide bonds. The van der Waals surface area contributed by atoms with Gasteiger partial charge in [0.15, 0.2) is 0 Å². The molecule has 0 aromatic carbocycles. The molecule has 1 N–H and O–H groups in total. The van der Waals surface area contributed by atoms with Crippen molar-refractivity contribution in [3.05, 3.63) is 0 Å². The van der Waals surface area contributed by atoms with Crippen molar-refractivity contribution < 1.29 is 4.74 Å². The van der Waals surface area contributed by atoms with Crippen molar-refractivity contribution in [2.45, 2.75) is 64.7 Å². The molecule has 2 unspecified atom stereocenters. The summed E-state index contributed by atoms with van der Waals surface area (Å²) in [4.78, 5) is 2.60. The zero-order chi connectivity index (χ0) is 13.2. The predicted molar refractivity (Wildman–Crippen MR) is 75.9 cm³/mol. The summed E-state index contributed by atoms with van der Waals surface area (Å²) in [6, 6.07) is 0.700. The molecule has 2 fully saturated rings. The first-order valence-electron chi connectivity index (χ1n) is 7.64. The van der Waals surface area contributed by atoms with E-state index in [1.54, 1.807) is 0 Å². The molecule has 0 aromatic rings. The van der Waals surface area contributed by atoms with E-state index in [1.165, 1.54) is 25.8 Å². The first-order chi connectivity index (χ1) is 8.50. The number of nitrogens with zero attached hydrogens (tertiary/aromatic N) is 1. The van der Waals surface area contributed by atoms with Gasteiger partial charge in [0.1, 0.15) is 0 Å². The smallest absolute Gasteiger partial charge is 0.0757 e. The second-order valence-corrected chi connectivity index (χ2v) is 6.78. The van der Waals surface area contributed by atoms with Crippen molar-refractivity contribution in [1.29, 1.82) is 0 Å². The van der Waals surface area contributed by atoms with Gasteiger partial charge in [-0.15, -0.1) is 0 Å². The topological polar surface area (TPSA) is 24.5 Å². The maximum Gasteiger partial charge on any atom is 0.0757 e. The Labute approximate surface area is 112 Å². The van der Waals surface area contributed by atoms with Crippen LogP contribution in [-0.4, -0.2) is 48.8 Å². The average Bonchev–Trinajstić information content (AvgIpc) is 3.04. The highest BCUT2D eigenvalue weighted by molar-refractivity contribution is 4.91. The molecule has 1 heterocycles. The normalized spacial score (nSPS) is 30.3. The third-order valence-electron chi connectivity index (χ3n) is 3.94. The van der Waals surface area contributed by atoms with Gasteiger partial charge in [-0.1, -0.05) is 6.92 Å². The zero-order valence-electron chi connectivity index (χ0n) is 12.5. The number of hydrogen-bond acceptors (Lipinski definition) is 3. The lowest BCUT2D eigenvalue weighted by molar-refractivity contribution is -0.130. The van der Waals surface area contributed by atoms with Crippen molar-refractivity contribution in [1.82, 2.24) is 10.2 Å². The van der Waals surface area contributed by atoms with E-state index in [0.29, 0.717) is 12.1 Å². The lowest BCUT2D eigenvalue weighted by Gasteiger charge is -2.43. The average molecular weight is 254 g/mol. The fourth-order valence-corrected chi connectivity index (χ4v) is 3.21. The molecule has 0 radical (unpaired) electrons. The maximum atomic E-state index is 5.98. The Morgan fingerprint density at radius 3 is 2.67 bits per heavy atom. The molecule has 1 aliphatic heterocycles. The SMILES string of the molecule is CCCNC(CN1CC(C)OC(C)(C)C1)C1CC1. The van der Waals surface area contributed by atoms with Gasteiger partial charge in [-0.2, -0.15) is 0 Å². The second kappa shape index (κ2) is 5.89. The van der Waals surface area contributed by atoms with Crippen LogP contribution in [0.2, 0.25) is 0 Å². The minimum Gasteiger partial charge on any atom is -0.370 e. The third kappa shape index (κ3) is 4.22. The van der Waals surface area contributed by atoms with Gasteiger partial charge in [-0.3, -0.25) is 4.90 Å².